The van der Waals surface area contributed by atoms with Crippen molar-refractivity contribution in [1.29, 1.82) is 0 Å². The van der Waals surface area contributed by atoms with Crippen molar-refractivity contribution in [2.45, 2.75) is 46.2 Å². The first-order chi connectivity index (χ1) is 14.6. The molecule has 0 saturated carbocycles. The summed E-state index contributed by atoms with van der Waals surface area (Å²) in [7, 11) is 0. The van der Waals surface area contributed by atoms with E-state index in [1.165, 1.54) is 19.3 Å². The van der Waals surface area contributed by atoms with E-state index in [1.54, 1.807) is 0 Å². The second-order valence-electron chi connectivity index (χ2n) is 7.97. The first-order valence-electron chi connectivity index (χ1n) is 10.8. The number of aromatic nitrogens is 2. The second-order valence-corrected chi connectivity index (χ2v) is 7.97. The molecular formula is C24H30N4O2. The minimum atomic E-state index is -0.181. The number of carbonyl (C=O) groups is 1. The number of nitrogens with one attached hydrogen (secondary N) is 1. The molecule has 1 N–H and O–H groups in total. The Balaban J connectivity index is 1.43. The van der Waals surface area contributed by atoms with Gasteiger partial charge in [0, 0.05) is 12.2 Å². The van der Waals surface area contributed by atoms with Gasteiger partial charge in [0.15, 0.2) is 6.61 Å². The molecule has 30 heavy (non-hydrogen) atoms. The molecular weight excluding hydrogens is 376 g/mol. The van der Waals surface area contributed by atoms with Crippen molar-refractivity contribution in [3.63, 3.8) is 0 Å². The fourth-order valence-electron chi connectivity index (χ4n) is 4.10. The van der Waals surface area contributed by atoms with E-state index in [0.717, 1.165) is 54.3 Å². The fourth-order valence-corrected chi connectivity index (χ4v) is 4.10. The minimum Gasteiger partial charge on any atom is -0.484 e. The van der Waals surface area contributed by atoms with Gasteiger partial charge in [-0.05, 0) is 75.7 Å². The largest absolute Gasteiger partial charge is 0.484 e. The number of fused-ring (bicyclic) bond motifs is 1. The Hall–Kier alpha value is -2.86. The summed E-state index contributed by atoms with van der Waals surface area (Å²) in [4.78, 5) is 19.7. The number of benzene rings is 2. The summed E-state index contributed by atoms with van der Waals surface area (Å²) in [6, 6.07) is 13.6. The number of aryl methyl sites for hydroxylation is 2. The Morgan fingerprint density at radius 1 is 1.13 bits per heavy atom. The zero-order valence-corrected chi connectivity index (χ0v) is 17.9. The summed E-state index contributed by atoms with van der Waals surface area (Å²) >= 11 is 0. The fraction of sp³-hybridized carbons (Fsp3) is 0.417. The topological polar surface area (TPSA) is 59.4 Å². The van der Waals surface area contributed by atoms with Crippen LogP contribution in [0.5, 0.6) is 5.75 Å². The van der Waals surface area contributed by atoms with Crippen LogP contribution in [0, 0.1) is 6.92 Å². The average Bonchev–Trinajstić information content (AvgIpc) is 3.09. The average molecular weight is 407 g/mol. The molecule has 6 heteroatoms. The first kappa shape index (κ1) is 20.4. The molecule has 4 rings (SSSR count). The van der Waals surface area contributed by atoms with Crippen LogP contribution in [0.2, 0.25) is 0 Å². The number of hydrogen-bond donors (Lipinski definition) is 1. The molecule has 0 aliphatic carbocycles. The number of imidazole rings is 1. The van der Waals surface area contributed by atoms with E-state index in [4.69, 9.17) is 9.72 Å². The van der Waals surface area contributed by atoms with Gasteiger partial charge in [-0.2, -0.15) is 0 Å². The van der Waals surface area contributed by atoms with Crippen molar-refractivity contribution in [2.75, 3.05) is 25.0 Å². The van der Waals surface area contributed by atoms with Crippen molar-refractivity contribution in [3.05, 3.63) is 53.9 Å². The van der Waals surface area contributed by atoms with Crippen molar-refractivity contribution < 1.29 is 9.53 Å². The molecule has 2 aromatic carbocycles. The van der Waals surface area contributed by atoms with Gasteiger partial charge in [-0.25, -0.2) is 4.98 Å². The standard InChI is InChI=1S/C24H30N4O2/c1-3-28-22-11-10-19(25-24(29)17-30-20-9-7-8-18(2)14-20)15-21(22)26-23(28)16-27-12-5-4-6-13-27/h7-11,14-15H,3-6,12-13,16-17H2,1-2H3,(H,25,29). The van der Waals surface area contributed by atoms with E-state index < -0.39 is 0 Å². The highest BCUT2D eigenvalue weighted by Crippen LogP contribution is 2.23. The van der Waals surface area contributed by atoms with Gasteiger partial charge in [0.25, 0.3) is 5.91 Å². The number of amides is 1. The number of hydrogen-bond acceptors (Lipinski definition) is 4. The van der Waals surface area contributed by atoms with Crippen molar-refractivity contribution in [2.24, 2.45) is 0 Å². The van der Waals surface area contributed by atoms with Crippen LogP contribution < -0.4 is 10.1 Å². The normalized spacial score (nSPS) is 14.7. The van der Waals surface area contributed by atoms with E-state index in [0.29, 0.717) is 5.75 Å². The second kappa shape index (κ2) is 9.30. The summed E-state index contributed by atoms with van der Waals surface area (Å²) in [5.41, 5.74) is 3.87. The molecule has 1 aliphatic rings. The Bertz CT molecular complexity index is 1020. The Morgan fingerprint density at radius 2 is 1.97 bits per heavy atom. The zero-order valence-electron chi connectivity index (χ0n) is 17.9. The van der Waals surface area contributed by atoms with Crippen LogP contribution in [0.3, 0.4) is 0 Å². The van der Waals surface area contributed by atoms with Crippen molar-refractivity contribution in [3.8, 4) is 5.75 Å². The monoisotopic (exact) mass is 406 g/mol. The van der Waals surface area contributed by atoms with E-state index in [1.807, 2.05) is 49.4 Å². The van der Waals surface area contributed by atoms with Gasteiger partial charge in [-0.3, -0.25) is 9.69 Å². The Labute approximate surface area is 177 Å². The molecule has 3 aromatic rings. The van der Waals surface area contributed by atoms with Crippen LogP contribution >= 0.6 is 0 Å². The number of ether oxygens (including phenoxy) is 1. The molecule has 0 radical (unpaired) electrons. The van der Waals surface area contributed by atoms with Crippen LogP contribution in [-0.4, -0.2) is 40.1 Å². The highest BCUT2D eigenvalue weighted by Gasteiger charge is 2.16. The third-order valence-corrected chi connectivity index (χ3v) is 5.60. The van der Waals surface area contributed by atoms with E-state index in [2.05, 4.69) is 21.7 Å². The third kappa shape index (κ3) is 4.82. The van der Waals surface area contributed by atoms with Crippen LogP contribution in [0.15, 0.2) is 42.5 Å². The molecule has 1 saturated heterocycles. The number of carbonyl (C=O) groups excluding carboxylic acids is 1. The summed E-state index contributed by atoms with van der Waals surface area (Å²) in [6.07, 6.45) is 3.87. The van der Waals surface area contributed by atoms with Gasteiger partial charge >= 0.3 is 0 Å². The van der Waals surface area contributed by atoms with Crippen LogP contribution in [0.1, 0.15) is 37.6 Å². The Kier molecular flexibility index (Phi) is 6.33. The number of anilines is 1. The first-order valence-corrected chi connectivity index (χ1v) is 10.8. The molecule has 1 aliphatic heterocycles. The van der Waals surface area contributed by atoms with Crippen LogP contribution in [0.4, 0.5) is 5.69 Å². The minimum absolute atomic E-state index is 0.0227. The molecule has 0 atom stereocenters. The van der Waals surface area contributed by atoms with Gasteiger partial charge < -0.3 is 14.6 Å². The van der Waals surface area contributed by atoms with Crippen LogP contribution in [-0.2, 0) is 17.9 Å². The molecule has 1 aromatic heterocycles. The molecule has 1 amide bonds. The predicted molar refractivity (Wildman–Crippen MR) is 120 cm³/mol. The molecule has 1 fully saturated rings. The Morgan fingerprint density at radius 3 is 2.73 bits per heavy atom. The maximum absolute atomic E-state index is 12.3. The highest BCUT2D eigenvalue weighted by atomic mass is 16.5. The van der Waals surface area contributed by atoms with Crippen molar-refractivity contribution in [1.82, 2.24) is 14.5 Å². The van der Waals surface area contributed by atoms with Gasteiger partial charge in [0.2, 0.25) is 0 Å². The highest BCUT2D eigenvalue weighted by molar-refractivity contribution is 5.94. The van der Waals surface area contributed by atoms with E-state index in [9.17, 15) is 4.79 Å². The van der Waals surface area contributed by atoms with Gasteiger partial charge in [0.05, 0.1) is 17.6 Å². The number of piperidine rings is 1. The molecule has 6 nitrogen and oxygen atoms in total. The SMILES string of the molecule is CCn1c(CN2CCCCC2)nc2cc(NC(=O)COc3cccc(C)c3)ccc21. The number of likely N-dealkylation sites (tertiary alicyclic amines) is 1. The molecule has 0 spiro atoms. The lowest BCUT2D eigenvalue weighted by atomic mass is 10.1. The summed E-state index contributed by atoms with van der Waals surface area (Å²) in [6.45, 7) is 8.19. The number of nitrogens with zero attached hydrogens (tertiary/aromatic N) is 3. The lowest BCUT2D eigenvalue weighted by Crippen LogP contribution is -2.30. The zero-order chi connectivity index (χ0) is 20.9. The van der Waals surface area contributed by atoms with Crippen LogP contribution in [0.25, 0.3) is 11.0 Å². The lowest BCUT2D eigenvalue weighted by Gasteiger charge is -2.26. The predicted octanol–water partition coefficient (Wildman–Crippen LogP) is 4.37. The third-order valence-electron chi connectivity index (χ3n) is 5.60. The van der Waals surface area contributed by atoms with Gasteiger partial charge in [0.1, 0.15) is 11.6 Å². The lowest BCUT2D eigenvalue weighted by molar-refractivity contribution is -0.118. The molecule has 0 unspecified atom stereocenters. The summed E-state index contributed by atoms with van der Waals surface area (Å²) < 4.78 is 7.87. The smallest absolute Gasteiger partial charge is 0.262 e. The van der Waals surface area contributed by atoms with Gasteiger partial charge in [-0.1, -0.05) is 18.6 Å². The molecule has 2 heterocycles. The molecule has 158 valence electrons. The van der Waals surface area contributed by atoms with Gasteiger partial charge in [-0.15, -0.1) is 0 Å². The summed E-state index contributed by atoms with van der Waals surface area (Å²) in [5, 5.41) is 2.92. The quantitative estimate of drug-likeness (QED) is 0.633. The van der Waals surface area contributed by atoms with E-state index >= 15 is 0 Å². The molecule has 0 bridgehead atoms. The van der Waals surface area contributed by atoms with E-state index in [-0.39, 0.29) is 12.5 Å². The number of rotatable bonds is 7. The maximum atomic E-state index is 12.3. The maximum Gasteiger partial charge on any atom is 0.262 e. The van der Waals surface area contributed by atoms with Crippen molar-refractivity contribution >= 4 is 22.6 Å². The summed E-state index contributed by atoms with van der Waals surface area (Å²) in [5.74, 6) is 1.62.